The summed E-state index contributed by atoms with van der Waals surface area (Å²) >= 11 is 8.73. The van der Waals surface area contributed by atoms with Crippen LogP contribution in [0.5, 0.6) is 0 Å². The summed E-state index contributed by atoms with van der Waals surface area (Å²) in [5.74, 6) is -0.358. The molecule has 0 spiro atoms. The van der Waals surface area contributed by atoms with Gasteiger partial charge < -0.3 is 0 Å². The maximum Gasteiger partial charge on any atom is 0.196 e. The zero-order valence-electron chi connectivity index (χ0n) is 13.6. The van der Waals surface area contributed by atoms with Gasteiger partial charge in [0.15, 0.2) is 11.6 Å². The summed E-state index contributed by atoms with van der Waals surface area (Å²) in [6.45, 7) is 0. The second kappa shape index (κ2) is 6.27. The molecule has 3 aromatic carbocycles. The van der Waals surface area contributed by atoms with E-state index in [4.69, 9.17) is 11.6 Å². The third kappa shape index (κ3) is 2.52. The number of rotatable bonds is 2. The Kier molecular flexibility index (Phi) is 3.86. The van der Waals surface area contributed by atoms with Crippen LogP contribution in [0.2, 0.25) is 5.02 Å². The minimum absolute atomic E-state index is 0.170. The fourth-order valence-electron chi connectivity index (χ4n) is 3.21. The Bertz CT molecular complexity index is 1270. The van der Waals surface area contributed by atoms with Crippen molar-refractivity contribution in [1.82, 2.24) is 8.75 Å². The molecule has 0 fully saturated rings. The first-order valence-electron chi connectivity index (χ1n) is 8.05. The van der Waals surface area contributed by atoms with Crippen molar-refractivity contribution in [1.29, 1.82) is 0 Å². The molecule has 0 atom stereocenters. The average molecular weight is 409 g/mol. The first kappa shape index (κ1) is 16.6. The molecule has 1 aromatic heterocycles. The normalized spacial score (nSPS) is 12.9. The van der Waals surface area contributed by atoms with Gasteiger partial charge in [0, 0.05) is 26.5 Å². The van der Waals surface area contributed by atoms with E-state index < -0.39 is 0 Å². The fourth-order valence-corrected chi connectivity index (χ4v) is 5.05. The van der Waals surface area contributed by atoms with Crippen LogP contribution in [0.15, 0.2) is 64.4 Å². The van der Waals surface area contributed by atoms with Gasteiger partial charge in [-0.05, 0) is 18.2 Å². The van der Waals surface area contributed by atoms with Gasteiger partial charge in [-0.3, -0.25) is 9.59 Å². The standard InChI is InChI=1S/C20H9ClN2O2S2/c21-13-7-3-4-8-14(13)26-15-9-12-16(18-17(15)22-27-23-18)20(25)11-6-2-1-5-10(11)19(12)24/h1-9H. The summed E-state index contributed by atoms with van der Waals surface area (Å²) in [5, 5.41) is 0.615. The molecule has 0 saturated carbocycles. The molecular weight excluding hydrogens is 400 g/mol. The SMILES string of the molecule is O=C1c2ccccc2C(=O)c2c1cc(Sc1ccccc1Cl)c1nsnc21. The molecule has 1 heterocycles. The number of hydrogen-bond donors (Lipinski definition) is 0. The number of aromatic nitrogens is 2. The molecule has 0 unspecified atom stereocenters. The molecule has 4 nitrogen and oxygen atoms in total. The monoisotopic (exact) mass is 408 g/mol. The lowest BCUT2D eigenvalue weighted by atomic mass is 9.83. The van der Waals surface area contributed by atoms with Gasteiger partial charge >= 0.3 is 0 Å². The summed E-state index contributed by atoms with van der Waals surface area (Å²) in [6.07, 6.45) is 0. The van der Waals surface area contributed by atoms with E-state index in [1.54, 1.807) is 30.3 Å². The lowest BCUT2D eigenvalue weighted by Gasteiger charge is -2.18. The highest BCUT2D eigenvalue weighted by molar-refractivity contribution is 7.99. The van der Waals surface area contributed by atoms with Crippen molar-refractivity contribution in [2.75, 3.05) is 0 Å². The number of benzene rings is 3. The molecule has 130 valence electrons. The van der Waals surface area contributed by atoms with Gasteiger partial charge in [0.25, 0.3) is 0 Å². The second-order valence-electron chi connectivity index (χ2n) is 6.00. The van der Waals surface area contributed by atoms with Gasteiger partial charge in [-0.2, -0.15) is 8.75 Å². The van der Waals surface area contributed by atoms with Gasteiger partial charge in [0.1, 0.15) is 11.0 Å². The minimum Gasteiger partial charge on any atom is -0.289 e. The lowest BCUT2D eigenvalue weighted by Crippen LogP contribution is -2.21. The molecule has 4 aromatic rings. The van der Waals surface area contributed by atoms with Crippen LogP contribution in [0.25, 0.3) is 11.0 Å². The largest absolute Gasteiger partial charge is 0.289 e. The molecule has 0 N–H and O–H groups in total. The van der Waals surface area contributed by atoms with Gasteiger partial charge in [-0.15, -0.1) is 0 Å². The number of ketones is 2. The topological polar surface area (TPSA) is 59.9 Å². The molecule has 0 amide bonds. The van der Waals surface area contributed by atoms with E-state index >= 15 is 0 Å². The molecule has 0 radical (unpaired) electrons. The fraction of sp³-hybridized carbons (Fsp3) is 0. The predicted molar refractivity (Wildman–Crippen MR) is 106 cm³/mol. The number of carbonyl (C=O) groups is 2. The van der Waals surface area contributed by atoms with Crippen LogP contribution in [-0.2, 0) is 0 Å². The number of nitrogens with zero attached hydrogens (tertiary/aromatic N) is 2. The van der Waals surface area contributed by atoms with Crippen molar-refractivity contribution in [3.8, 4) is 0 Å². The summed E-state index contributed by atoms with van der Waals surface area (Å²) in [4.78, 5) is 27.7. The van der Waals surface area contributed by atoms with Gasteiger partial charge in [0.2, 0.25) is 0 Å². The molecule has 0 saturated heterocycles. The third-order valence-electron chi connectivity index (χ3n) is 4.45. The Morgan fingerprint density at radius 3 is 2.22 bits per heavy atom. The first-order valence-corrected chi connectivity index (χ1v) is 9.97. The Labute approximate surface area is 167 Å². The van der Waals surface area contributed by atoms with E-state index in [9.17, 15) is 9.59 Å². The quantitative estimate of drug-likeness (QED) is 0.398. The molecule has 0 bridgehead atoms. The van der Waals surface area contributed by atoms with E-state index in [2.05, 4.69) is 8.75 Å². The van der Waals surface area contributed by atoms with Crippen LogP contribution >= 0.6 is 35.1 Å². The highest BCUT2D eigenvalue weighted by Crippen LogP contribution is 2.41. The van der Waals surface area contributed by atoms with Crippen molar-refractivity contribution >= 4 is 57.7 Å². The third-order valence-corrected chi connectivity index (χ3v) is 6.53. The Balaban J connectivity index is 1.75. The molecule has 0 aliphatic heterocycles. The average Bonchev–Trinajstić information content (AvgIpc) is 3.18. The van der Waals surface area contributed by atoms with E-state index in [0.717, 1.165) is 21.5 Å². The van der Waals surface area contributed by atoms with E-state index in [1.165, 1.54) is 11.8 Å². The highest BCUT2D eigenvalue weighted by Gasteiger charge is 2.33. The van der Waals surface area contributed by atoms with E-state index in [0.29, 0.717) is 38.3 Å². The summed E-state index contributed by atoms with van der Waals surface area (Å²) in [6, 6.07) is 16.1. The zero-order chi connectivity index (χ0) is 18.5. The number of halogens is 1. The number of hydrogen-bond acceptors (Lipinski definition) is 6. The summed E-state index contributed by atoms with van der Waals surface area (Å²) in [5.41, 5.74) is 2.63. The van der Waals surface area contributed by atoms with Gasteiger partial charge in [-0.1, -0.05) is 59.8 Å². The van der Waals surface area contributed by atoms with Crippen molar-refractivity contribution in [3.05, 3.63) is 81.9 Å². The molecule has 7 heteroatoms. The predicted octanol–water partition coefficient (Wildman–Crippen LogP) is 5.27. The van der Waals surface area contributed by atoms with Gasteiger partial charge in [0.05, 0.1) is 22.3 Å². The smallest absolute Gasteiger partial charge is 0.196 e. The lowest BCUT2D eigenvalue weighted by molar-refractivity contribution is 0.0980. The van der Waals surface area contributed by atoms with Crippen LogP contribution in [0, 0.1) is 0 Å². The van der Waals surface area contributed by atoms with Crippen molar-refractivity contribution in [2.24, 2.45) is 0 Å². The summed E-state index contributed by atoms with van der Waals surface area (Å²) < 4.78 is 8.70. The Morgan fingerprint density at radius 1 is 0.778 bits per heavy atom. The Hall–Kier alpha value is -2.54. The van der Waals surface area contributed by atoms with Crippen molar-refractivity contribution in [2.45, 2.75) is 9.79 Å². The zero-order valence-corrected chi connectivity index (χ0v) is 16.0. The number of carbonyl (C=O) groups excluding carboxylic acids is 2. The maximum absolute atomic E-state index is 13.1. The number of fused-ring (bicyclic) bond motifs is 4. The maximum atomic E-state index is 13.1. The first-order chi connectivity index (χ1) is 13.1. The van der Waals surface area contributed by atoms with Crippen LogP contribution in [-0.4, -0.2) is 20.3 Å². The summed E-state index contributed by atoms with van der Waals surface area (Å²) in [7, 11) is 0. The van der Waals surface area contributed by atoms with Crippen LogP contribution in [0.4, 0.5) is 0 Å². The second-order valence-corrected chi connectivity index (χ2v) is 8.01. The van der Waals surface area contributed by atoms with Crippen LogP contribution < -0.4 is 0 Å². The van der Waals surface area contributed by atoms with Crippen LogP contribution in [0.3, 0.4) is 0 Å². The molecule has 1 aliphatic carbocycles. The van der Waals surface area contributed by atoms with E-state index in [1.807, 2.05) is 24.3 Å². The van der Waals surface area contributed by atoms with Crippen molar-refractivity contribution in [3.63, 3.8) is 0 Å². The molecular formula is C20H9ClN2O2S2. The van der Waals surface area contributed by atoms with Gasteiger partial charge in [-0.25, -0.2) is 0 Å². The molecule has 1 aliphatic rings. The molecule has 5 rings (SSSR count). The minimum atomic E-state index is -0.188. The Morgan fingerprint density at radius 2 is 1.44 bits per heavy atom. The van der Waals surface area contributed by atoms with Crippen molar-refractivity contribution < 1.29 is 9.59 Å². The van der Waals surface area contributed by atoms with E-state index in [-0.39, 0.29) is 11.6 Å². The highest BCUT2D eigenvalue weighted by atomic mass is 35.5. The molecule has 27 heavy (non-hydrogen) atoms. The van der Waals surface area contributed by atoms with Crippen LogP contribution in [0.1, 0.15) is 31.8 Å².